The van der Waals surface area contributed by atoms with Crippen molar-refractivity contribution in [2.45, 2.75) is 38.6 Å². The summed E-state index contributed by atoms with van der Waals surface area (Å²) in [5, 5.41) is 3.08. The van der Waals surface area contributed by atoms with E-state index >= 15 is 0 Å². The molecule has 6 nitrogen and oxygen atoms in total. The highest BCUT2D eigenvalue weighted by atomic mass is 35.5. The molecule has 2 saturated heterocycles. The van der Waals surface area contributed by atoms with Gasteiger partial charge in [-0.25, -0.2) is 0 Å². The molecular weight excluding hydrogens is 376 g/mol. The zero-order valence-electron chi connectivity index (χ0n) is 16.6. The number of nitrogens with zero attached hydrogens (tertiary/aromatic N) is 2. The van der Waals surface area contributed by atoms with Gasteiger partial charge in [0.1, 0.15) is 0 Å². The van der Waals surface area contributed by atoms with Crippen LogP contribution in [0.4, 0.5) is 0 Å². The molecule has 0 aliphatic carbocycles. The van der Waals surface area contributed by atoms with E-state index in [9.17, 15) is 9.59 Å². The normalized spacial score (nSPS) is 18.0. The lowest BCUT2D eigenvalue weighted by Crippen LogP contribution is -2.43. The number of benzene rings is 1. The minimum Gasteiger partial charge on any atom is -0.356 e. The number of likely N-dealkylation sites (tertiary alicyclic amines) is 2. The van der Waals surface area contributed by atoms with Gasteiger partial charge in [-0.15, -0.1) is 12.4 Å². The Kier molecular flexibility index (Phi) is 9.22. The molecule has 0 bridgehead atoms. The van der Waals surface area contributed by atoms with Gasteiger partial charge in [-0.3, -0.25) is 9.59 Å². The lowest BCUT2D eigenvalue weighted by Gasteiger charge is -2.31. The quantitative estimate of drug-likeness (QED) is 0.676. The average Bonchev–Trinajstić information content (AvgIpc) is 3.24. The number of piperidine rings is 1. The Bertz CT molecular complexity index is 624. The second kappa shape index (κ2) is 11.4. The maximum Gasteiger partial charge on any atom is 0.253 e. The van der Waals surface area contributed by atoms with Crippen LogP contribution in [0.1, 0.15) is 48.0 Å². The van der Waals surface area contributed by atoms with E-state index in [4.69, 9.17) is 5.73 Å². The van der Waals surface area contributed by atoms with Gasteiger partial charge in [-0.05, 0) is 69.4 Å². The Morgan fingerprint density at radius 1 is 1.04 bits per heavy atom. The first-order valence-corrected chi connectivity index (χ1v) is 10.3. The van der Waals surface area contributed by atoms with Crippen molar-refractivity contribution < 1.29 is 9.59 Å². The Morgan fingerprint density at radius 2 is 1.68 bits per heavy atom. The molecule has 0 saturated carbocycles. The van der Waals surface area contributed by atoms with Crippen molar-refractivity contribution in [3.8, 4) is 0 Å². The molecule has 156 valence electrons. The molecular formula is C21H33ClN4O2. The van der Waals surface area contributed by atoms with E-state index < -0.39 is 0 Å². The standard InChI is InChI=1S/C21H32N4O2.ClH/c22-16-17-4-6-19(7-5-17)21(27)25-14-8-18(9-15-25)20(26)23-10-3-13-24-11-1-2-12-24;/h4-7,18H,1-3,8-16,22H2,(H,23,26);1H. The van der Waals surface area contributed by atoms with Crippen LogP contribution in [0.15, 0.2) is 24.3 Å². The topological polar surface area (TPSA) is 78.7 Å². The highest BCUT2D eigenvalue weighted by Gasteiger charge is 2.27. The minimum atomic E-state index is 0. The van der Waals surface area contributed by atoms with E-state index in [-0.39, 0.29) is 30.1 Å². The summed E-state index contributed by atoms with van der Waals surface area (Å²) in [6.45, 7) is 6.00. The third-order valence-electron chi connectivity index (χ3n) is 5.74. The molecule has 0 atom stereocenters. The van der Waals surface area contributed by atoms with Crippen LogP contribution < -0.4 is 11.1 Å². The molecule has 0 unspecified atom stereocenters. The second-order valence-corrected chi connectivity index (χ2v) is 7.66. The Labute approximate surface area is 174 Å². The molecule has 2 heterocycles. The molecule has 0 radical (unpaired) electrons. The first kappa shape index (κ1) is 22.7. The van der Waals surface area contributed by atoms with Crippen LogP contribution in [0, 0.1) is 5.92 Å². The number of nitrogens with two attached hydrogens (primary N) is 1. The molecule has 0 spiro atoms. The van der Waals surface area contributed by atoms with Crippen molar-refractivity contribution in [2.24, 2.45) is 11.7 Å². The van der Waals surface area contributed by atoms with Crippen LogP contribution >= 0.6 is 12.4 Å². The van der Waals surface area contributed by atoms with Gasteiger partial charge in [0.15, 0.2) is 0 Å². The molecule has 7 heteroatoms. The fraction of sp³-hybridized carbons (Fsp3) is 0.619. The highest BCUT2D eigenvalue weighted by Crippen LogP contribution is 2.19. The van der Waals surface area contributed by atoms with E-state index in [0.29, 0.717) is 25.2 Å². The Morgan fingerprint density at radius 3 is 2.29 bits per heavy atom. The molecule has 0 aromatic heterocycles. The van der Waals surface area contributed by atoms with Gasteiger partial charge < -0.3 is 20.9 Å². The van der Waals surface area contributed by atoms with E-state index in [2.05, 4.69) is 10.2 Å². The molecule has 28 heavy (non-hydrogen) atoms. The number of amides is 2. The monoisotopic (exact) mass is 408 g/mol. The van der Waals surface area contributed by atoms with Crippen LogP contribution in [-0.2, 0) is 11.3 Å². The summed E-state index contributed by atoms with van der Waals surface area (Å²) >= 11 is 0. The summed E-state index contributed by atoms with van der Waals surface area (Å²) in [5.41, 5.74) is 7.31. The fourth-order valence-electron chi connectivity index (χ4n) is 3.98. The lowest BCUT2D eigenvalue weighted by molar-refractivity contribution is -0.126. The molecule has 2 amide bonds. The number of hydrogen-bond donors (Lipinski definition) is 2. The maximum atomic E-state index is 12.6. The summed E-state index contributed by atoms with van der Waals surface area (Å²) < 4.78 is 0. The van der Waals surface area contributed by atoms with Crippen molar-refractivity contribution in [1.29, 1.82) is 0 Å². The maximum absolute atomic E-state index is 12.6. The summed E-state index contributed by atoms with van der Waals surface area (Å²) in [6.07, 6.45) is 5.11. The van der Waals surface area contributed by atoms with Crippen molar-refractivity contribution in [2.75, 3.05) is 39.3 Å². The van der Waals surface area contributed by atoms with E-state index in [0.717, 1.165) is 37.9 Å². The van der Waals surface area contributed by atoms with Crippen LogP contribution in [0.25, 0.3) is 0 Å². The second-order valence-electron chi connectivity index (χ2n) is 7.66. The van der Waals surface area contributed by atoms with Gasteiger partial charge in [-0.1, -0.05) is 12.1 Å². The van der Waals surface area contributed by atoms with Crippen LogP contribution in [0.5, 0.6) is 0 Å². The van der Waals surface area contributed by atoms with E-state index in [1.165, 1.54) is 25.9 Å². The summed E-state index contributed by atoms with van der Waals surface area (Å²) in [4.78, 5) is 29.3. The number of halogens is 1. The van der Waals surface area contributed by atoms with Gasteiger partial charge in [0.05, 0.1) is 0 Å². The van der Waals surface area contributed by atoms with Crippen LogP contribution in [0.3, 0.4) is 0 Å². The van der Waals surface area contributed by atoms with Crippen molar-refractivity contribution in [3.05, 3.63) is 35.4 Å². The Hall–Kier alpha value is -1.63. The average molecular weight is 409 g/mol. The largest absolute Gasteiger partial charge is 0.356 e. The third-order valence-corrected chi connectivity index (χ3v) is 5.74. The molecule has 3 N–H and O–H groups in total. The van der Waals surface area contributed by atoms with E-state index in [1.54, 1.807) is 0 Å². The number of nitrogens with one attached hydrogen (secondary N) is 1. The summed E-state index contributed by atoms with van der Waals surface area (Å²) in [7, 11) is 0. The van der Waals surface area contributed by atoms with Gasteiger partial charge in [0.25, 0.3) is 5.91 Å². The number of rotatable bonds is 7. The number of hydrogen-bond acceptors (Lipinski definition) is 4. The fourth-order valence-corrected chi connectivity index (χ4v) is 3.98. The lowest BCUT2D eigenvalue weighted by atomic mass is 9.95. The molecule has 2 aliphatic heterocycles. The van der Waals surface area contributed by atoms with Gasteiger partial charge in [0, 0.05) is 37.7 Å². The number of carbonyl (C=O) groups is 2. The third kappa shape index (κ3) is 6.19. The van der Waals surface area contributed by atoms with Crippen molar-refractivity contribution in [1.82, 2.24) is 15.1 Å². The molecule has 1 aromatic rings. The molecule has 1 aromatic carbocycles. The zero-order valence-corrected chi connectivity index (χ0v) is 17.4. The van der Waals surface area contributed by atoms with Gasteiger partial charge >= 0.3 is 0 Å². The van der Waals surface area contributed by atoms with Gasteiger partial charge in [-0.2, -0.15) is 0 Å². The predicted octanol–water partition coefficient (Wildman–Crippen LogP) is 2.02. The molecule has 2 fully saturated rings. The van der Waals surface area contributed by atoms with Crippen molar-refractivity contribution >= 4 is 24.2 Å². The predicted molar refractivity (Wildman–Crippen MR) is 114 cm³/mol. The smallest absolute Gasteiger partial charge is 0.253 e. The highest BCUT2D eigenvalue weighted by molar-refractivity contribution is 5.94. The summed E-state index contributed by atoms with van der Waals surface area (Å²) in [5.74, 6) is 0.222. The zero-order chi connectivity index (χ0) is 19.1. The first-order valence-electron chi connectivity index (χ1n) is 10.3. The molecule has 2 aliphatic rings. The van der Waals surface area contributed by atoms with Gasteiger partial charge in [0.2, 0.25) is 5.91 Å². The van der Waals surface area contributed by atoms with Crippen LogP contribution in [0.2, 0.25) is 0 Å². The first-order chi connectivity index (χ1) is 13.2. The van der Waals surface area contributed by atoms with Crippen molar-refractivity contribution in [3.63, 3.8) is 0 Å². The molecule has 3 rings (SSSR count). The minimum absolute atomic E-state index is 0. The SMILES string of the molecule is Cl.NCc1ccc(C(=O)N2CCC(C(=O)NCCCN3CCCC3)CC2)cc1. The van der Waals surface area contributed by atoms with Crippen LogP contribution in [-0.4, -0.2) is 60.9 Å². The Balaban J connectivity index is 0.00000280. The summed E-state index contributed by atoms with van der Waals surface area (Å²) in [6, 6.07) is 7.47. The number of carbonyl (C=O) groups excluding carboxylic acids is 2. The van der Waals surface area contributed by atoms with E-state index in [1.807, 2.05) is 29.2 Å².